The lowest BCUT2D eigenvalue weighted by atomic mass is 10.2. The van der Waals surface area contributed by atoms with Crippen molar-refractivity contribution in [1.29, 1.82) is 0 Å². The SMILES string of the molecule is O=C(N/N=C\c1ccccc1O)c1cccc(Cl)c1. The molecule has 0 spiro atoms. The topological polar surface area (TPSA) is 61.7 Å². The van der Waals surface area contributed by atoms with Gasteiger partial charge in [-0.15, -0.1) is 0 Å². The third kappa shape index (κ3) is 3.56. The lowest BCUT2D eigenvalue weighted by molar-refractivity contribution is 0.0955. The molecule has 0 aliphatic rings. The smallest absolute Gasteiger partial charge is 0.271 e. The molecule has 0 bridgehead atoms. The molecule has 19 heavy (non-hydrogen) atoms. The van der Waals surface area contributed by atoms with E-state index in [-0.39, 0.29) is 11.7 Å². The van der Waals surface area contributed by atoms with Gasteiger partial charge < -0.3 is 5.11 Å². The van der Waals surface area contributed by atoms with Crippen LogP contribution >= 0.6 is 11.6 Å². The number of nitrogens with zero attached hydrogens (tertiary/aromatic N) is 1. The van der Waals surface area contributed by atoms with Crippen molar-refractivity contribution in [2.75, 3.05) is 0 Å². The van der Waals surface area contributed by atoms with Crippen LogP contribution in [0.3, 0.4) is 0 Å². The predicted octanol–water partition coefficient (Wildman–Crippen LogP) is 2.81. The van der Waals surface area contributed by atoms with Gasteiger partial charge in [-0.2, -0.15) is 5.10 Å². The Hall–Kier alpha value is -2.33. The molecule has 0 heterocycles. The van der Waals surface area contributed by atoms with Gasteiger partial charge in [0, 0.05) is 16.1 Å². The average molecular weight is 275 g/mol. The summed E-state index contributed by atoms with van der Waals surface area (Å²) >= 11 is 5.79. The second-order valence-corrected chi connectivity index (χ2v) is 4.20. The molecule has 0 fully saturated rings. The van der Waals surface area contributed by atoms with Crippen LogP contribution < -0.4 is 5.43 Å². The van der Waals surface area contributed by atoms with E-state index in [0.29, 0.717) is 16.1 Å². The zero-order chi connectivity index (χ0) is 13.7. The Labute approximate surface area is 115 Å². The third-order valence-electron chi connectivity index (χ3n) is 2.39. The van der Waals surface area contributed by atoms with Crippen molar-refractivity contribution < 1.29 is 9.90 Å². The van der Waals surface area contributed by atoms with Gasteiger partial charge in [-0.25, -0.2) is 5.43 Å². The molecule has 4 nitrogen and oxygen atoms in total. The summed E-state index contributed by atoms with van der Waals surface area (Å²) in [5.74, 6) is -0.266. The molecule has 0 aliphatic carbocycles. The van der Waals surface area contributed by atoms with Gasteiger partial charge in [-0.05, 0) is 30.3 Å². The number of para-hydroxylation sites is 1. The first kappa shape index (κ1) is 13.1. The second kappa shape index (κ2) is 6.02. The molecule has 0 saturated heterocycles. The number of hydrogen-bond acceptors (Lipinski definition) is 3. The molecule has 0 saturated carbocycles. The van der Waals surface area contributed by atoms with Crippen molar-refractivity contribution in [3.8, 4) is 5.75 Å². The summed E-state index contributed by atoms with van der Waals surface area (Å²) in [5, 5.41) is 13.8. The number of benzene rings is 2. The third-order valence-corrected chi connectivity index (χ3v) is 2.63. The largest absolute Gasteiger partial charge is 0.507 e. The quantitative estimate of drug-likeness (QED) is 0.668. The number of amides is 1. The fourth-order valence-corrected chi connectivity index (χ4v) is 1.64. The Kier molecular flexibility index (Phi) is 4.15. The van der Waals surface area contributed by atoms with E-state index >= 15 is 0 Å². The van der Waals surface area contributed by atoms with Gasteiger partial charge in [0.25, 0.3) is 5.91 Å². The summed E-state index contributed by atoms with van der Waals surface area (Å²) in [6.07, 6.45) is 1.37. The minimum atomic E-state index is -0.367. The molecule has 0 atom stereocenters. The number of carbonyl (C=O) groups excluding carboxylic acids is 1. The molecule has 0 aliphatic heterocycles. The number of hydrogen-bond donors (Lipinski definition) is 2. The Morgan fingerprint density at radius 2 is 2.00 bits per heavy atom. The summed E-state index contributed by atoms with van der Waals surface area (Å²) in [6.45, 7) is 0. The molecule has 5 heteroatoms. The lowest BCUT2D eigenvalue weighted by Gasteiger charge is -2.00. The highest BCUT2D eigenvalue weighted by atomic mass is 35.5. The van der Waals surface area contributed by atoms with Crippen LogP contribution in [0.25, 0.3) is 0 Å². The van der Waals surface area contributed by atoms with Crippen molar-refractivity contribution in [2.45, 2.75) is 0 Å². The van der Waals surface area contributed by atoms with Gasteiger partial charge in [0.1, 0.15) is 5.75 Å². The Morgan fingerprint density at radius 3 is 2.74 bits per heavy atom. The van der Waals surface area contributed by atoms with Crippen LogP contribution in [0.5, 0.6) is 5.75 Å². The summed E-state index contributed by atoms with van der Waals surface area (Å²) in [6, 6.07) is 13.2. The van der Waals surface area contributed by atoms with Crippen molar-refractivity contribution >= 4 is 23.7 Å². The predicted molar refractivity (Wildman–Crippen MR) is 74.6 cm³/mol. The molecule has 2 rings (SSSR count). The van der Waals surface area contributed by atoms with Crippen LogP contribution in [-0.2, 0) is 0 Å². The first-order valence-corrected chi connectivity index (χ1v) is 5.91. The van der Waals surface area contributed by atoms with Crippen LogP contribution in [0.2, 0.25) is 5.02 Å². The maximum Gasteiger partial charge on any atom is 0.271 e. The molecule has 2 aromatic carbocycles. The van der Waals surface area contributed by atoms with Crippen LogP contribution in [0.4, 0.5) is 0 Å². The van der Waals surface area contributed by atoms with E-state index in [9.17, 15) is 9.90 Å². The molecule has 2 aromatic rings. The number of phenolic OH excluding ortho intramolecular Hbond substituents is 1. The van der Waals surface area contributed by atoms with Crippen molar-refractivity contribution in [1.82, 2.24) is 5.43 Å². The number of hydrazone groups is 1. The van der Waals surface area contributed by atoms with Gasteiger partial charge >= 0.3 is 0 Å². The molecular formula is C14H11ClN2O2. The van der Waals surface area contributed by atoms with E-state index in [1.54, 1.807) is 48.5 Å². The molecule has 2 N–H and O–H groups in total. The zero-order valence-corrected chi connectivity index (χ0v) is 10.6. The zero-order valence-electron chi connectivity index (χ0n) is 9.88. The van der Waals surface area contributed by atoms with Crippen LogP contribution in [0, 0.1) is 0 Å². The number of nitrogens with one attached hydrogen (secondary N) is 1. The number of halogens is 1. The monoisotopic (exact) mass is 274 g/mol. The maximum absolute atomic E-state index is 11.7. The highest BCUT2D eigenvalue weighted by molar-refractivity contribution is 6.30. The fraction of sp³-hybridized carbons (Fsp3) is 0. The fourth-order valence-electron chi connectivity index (χ4n) is 1.45. The molecule has 96 valence electrons. The summed E-state index contributed by atoms with van der Waals surface area (Å²) in [5.41, 5.74) is 3.30. The highest BCUT2D eigenvalue weighted by Gasteiger charge is 2.04. The van der Waals surface area contributed by atoms with Crippen LogP contribution in [0.1, 0.15) is 15.9 Å². The number of carbonyl (C=O) groups is 1. The Balaban J connectivity index is 2.03. The first-order valence-electron chi connectivity index (χ1n) is 5.54. The van der Waals surface area contributed by atoms with Crippen LogP contribution in [0.15, 0.2) is 53.6 Å². The minimum absolute atomic E-state index is 0.100. The molecule has 0 aromatic heterocycles. The van der Waals surface area contributed by atoms with Crippen molar-refractivity contribution in [2.24, 2.45) is 5.10 Å². The molecule has 0 unspecified atom stereocenters. The average Bonchev–Trinajstić information content (AvgIpc) is 2.41. The number of phenols is 1. The van der Waals surface area contributed by atoms with E-state index in [4.69, 9.17) is 11.6 Å². The molecular weight excluding hydrogens is 264 g/mol. The van der Waals surface area contributed by atoms with E-state index in [1.165, 1.54) is 6.21 Å². The van der Waals surface area contributed by atoms with Gasteiger partial charge in [-0.3, -0.25) is 4.79 Å². The standard InChI is InChI=1S/C14H11ClN2O2/c15-12-6-3-5-10(8-12)14(19)17-16-9-11-4-1-2-7-13(11)18/h1-9,18H,(H,17,19)/b16-9-. The molecule has 0 radical (unpaired) electrons. The molecule has 1 amide bonds. The minimum Gasteiger partial charge on any atom is -0.507 e. The van der Waals surface area contributed by atoms with Gasteiger partial charge in [-0.1, -0.05) is 29.8 Å². The normalized spacial score (nSPS) is 10.6. The maximum atomic E-state index is 11.7. The van der Waals surface area contributed by atoms with E-state index in [2.05, 4.69) is 10.5 Å². The summed E-state index contributed by atoms with van der Waals surface area (Å²) in [7, 11) is 0. The Morgan fingerprint density at radius 1 is 1.21 bits per heavy atom. The lowest BCUT2D eigenvalue weighted by Crippen LogP contribution is -2.17. The Bertz CT molecular complexity index is 626. The van der Waals surface area contributed by atoms with E-state index in [0.717, 1.165) is 0 Å². The van der Waals surface area contributed by atoms with Gasteiger partial charge in [0.15, 0.2) is 0 Å². The number of rotatable bonds is 3. The highest BCUT2D eigenvalue weighted by Crippen LogP contribution is 2.13. The number of aromatic hydroxyl groups is 1. The summed E-state index contributed by atoms with van der Waals surface area (Å²) in [4.78, 5) is 11.7. The van der Waals surface area contributed by atoms with Gasteiger partial charge in [0.2, 0.25) is 0 Å². The van der Waals surface area contributed by atoms with Crippen molar-refractivity contribution in [3.63, 3.8) is 0 Å². The second-order valence-electron chi connectivity index (χ2n) is 3.77. The van der Waals surface area contributed by atoms with Crippen molar-refractivity contribution in [3.05, 3.63) is 64.7 Å². The first-order chi connectivity index (χ1) is 9.16. The van der Waals surface area contributed by atoms with E-state index < -0.39 is 0 Å². The van der Waals surface area contributed by atoms with E-state index in [1.807, 2.05) is 0 Å². The summed E-state index contributed by atoms with van der Waals surface area (Å²) < 4.78 is 0. The van der Waals surface area contributed by atoms with Crippen LogP contribution in [-0.4, -0.2) is 17.2 Å². The van der Waals surface area contributed by atoms with Gasteiger partial charge in [0.05, 0.1) is 6.21 Å².